The van der Waals surface area contributed by atoms with Gasteiger partial charge >= 0.3 is 0 Å². The maximum absolute atomic E-state index is 12.3. The first kappa shape index (κ1) is 19.7. The van der Waals surface area contributed by atoms with Gasteiger partial charge in [0.2, 0.25) is 0 Å². The highest BCUT2D eigenvalue weighted by Gasteiger charge is 2.13. The van der Waals surface area contributed by atoms with Crippen LogP contribution in [0, 0.1) is 0 Å². The standard InChI is InChI=1S/C23H24BrN3O2/c24-18-9-11-19(12-10-18)25-22(28)16-29-20-7-5-6-17-8-13-21(26-23(17)20)27-14-3-1-2-4-15-27/h5-13H,1-4,14-16H2,(H,25,28). The average Bonchev–Trinajstić information content (AvgIpc) is 3.03. The Morgan fingerprint density at radius 2 is 1.76 bits per heavy atom. The molecule has 1 fully saturated rings. The number of ether oxygens (including phenoxy) is 1. The minimum atomic E-state index is -0.201. The molecule has 2 aromatic carbocycles. The summed E-state index contributed by atoms with van der Waals surface area (Å²) in [7, 11) is 0. The molecule has 1 N–H and O–H groups in total. The van der Waals surface area contributed by atoms with E-state index in [-0.39, 0.29) is 12.5 Å². The minimum Gasteiger partial charge on any atom is -0.481 e. The second-order valence-corrected chi connectivity index (χ2v) is 8.16. The molecule has 29 heavy (non-hydrogen) atoms. The van der Waals surface area contributed by atoms with Crippen LogP contribution in [0.1, 0.15) is 25.7 Å². The molecule has 0 saturated carbocycles. The van der Waals surface area contributed by atoms with Crippen LogP contribution in [-0.4, -0.2) is 30.6 Å². The molecule has 1 saturated heterocycles. The normalized spacial score (nSPS) is 14.4. The Bertz CT molecular complexity index is 983. The maximum Gasteiger partial charge on any atom is 0.262 e. The van der Waals surface area contributed by atoms with E-state index < -0.39 is 0 Å². The molecule has 2 heterocycles. The molecule has 0 radical (unpaired) electrons. The maximum atomic E-state index is 12.3. The molecule has 0 atom stereocenters. The van der Waals surface area contributed by atoms with Gasteiger partial charge in [0.05, 0.1) is 0 Å². The van der Waals surface area contributed by atoms with Gasteiger partial charge in [0, 0.05) is 28.6 Å². The van der Waals surface area contributed by atoms with Crippen molar-refractivity contribution in [2.75, 3.05) is 29.9 Å². The van der Waals surface area contributed by atoms with Crippen molar-refractivity contribution in [1.29, 1.82) is 0 Å². The molecular weight excluding hydrogens is 430 g/mol. The number of nitrogens with zero attached hydrogens (tertiary/aromatic N) is 2. The minimum absolute atomic E-state index is 0.0647. The van der Waals surface area contributed by atoms with Gasteiger partial charge in [0.25, 0.3) is 5.91 Å². The van der Waals surface area contributed by atoms with Crippen LogP contribution in [0.15, 0.2) is 59.1 Å². The van der Waals surface area contributed by atoms with Gasteiger partial charge in [-0.1, -0.05) is 40.9 Å². The lowest BCUT2D eigenvalue weighted by molar-refractivity contribution is -0.118. The van der Waals surface area contributed by atoms with Crippen LogP contribution >= 0.6 is 15.9 Å². The van der Waals surface area contributed by atoms with Crippen molar-refractivity contribution in [3.05, 3.63) is 59.1 Å². The lowest BCUT2D eigenvalue weighted by Crippen LogP contribution is -2.24. The van der Waals surface area contributed by atoms with Crippen molar-refractivity contribution in [3.8, 4) is 5.75 Å². The number of halogens is 1. The summed E-state index contributed by atoms with van der Waals surface area (Å²) in [5.74, 6) is 1.41. The molecule has 150 valence electrons. The van der Waals surface area contributed by atoms with Crippen LogP contribution in [0.2, 0.25) is 0 Å². The summed E-state index contributed by atoms with van der Waals surface area (Å²) in [5.41, 5.74) is 1.53. The third-order valence-electron chi connectivity index (χ3n) is 5.09. The summed E-state index contributed by atoms with van der Waals surface area (Å²) in [5, 5.41) is 3.85. The number of hydrogen-bond donors (Lipinski definition) is 1. The highest BCUT2D eigenvalue weighted by Crippen LogP contribution is 2.27. The van der Waals surface area contributed by atoms with Crippen LogP contribution < -0.4 is 15.0 Å². The zero-order valence-electron chi connectivity index (χ0n) is 16.2. The Morgan fingerprint density at radius 3 is 2.52 bits per heavy atom. The van der Waals surface area contributed by atoms with Gasteiger partial charge < -0.3 is 15.0 Å². The van der Waals surface area contributed by atoms with E-state index >= 15 is 0 Å². The number of para-hydroxylation sites is 1. The topological polar surface area (TPSA) is 54.5 Å². The summed E-state index contributed by atoms with van der Waals surface area (Å²) >= 11 is 3.39. The van der Waals surface area contributed by atoms with E-state index in [2.05, 4.69) is 38.3 Å². The molecule has 3 aromatic rings. The first-order valence-corrected chi connectivity index (χ1v) is 10.8. The molecule has 1 aliphatic heterocycles. The quantitative estimate of drug-likeness (QED) is 0.561. The Kier molecular flexibility index (Phi) is 6.30. The number of amides is 1. The molecule has 1 aromatic heterocycles. The molecule has 6 heteroatoms. The Labute approximate surface area is 179 Å². The summed E-state index contributed by atoms with van der Waals surface area (Å²) in [6, 6.07) is 17.4. The molecule has 0 unspecified atom stereocenters. The third-order valence-corrected chi connectivity index (χ3v) is 5.61. The van der Waals surface area contributed by atoms with Crippen molar-refractivity contribution in [2.45, 2.75) is 25.7 Å². The summed E-state index contributed by atoms with van der Waals surface area (Å²) in [4.78, 5) is 19.5. The van der Waals surface area contributed by atoms with Crippen molar-refractivity contribution >= 4 is 44.2 Å². The number of fused-ring (bicyclic) bond motifs is 1. The zero-order valence-corrected chi connectivity index (χ0v) is 17.8. The predicted molar refractivity (Wildman–Crippen MR) is 121 cm³/mol. The van der Waals surface area contributed by atoms with Gasteiger partial charge in [-0.15, -0.1) is 0 Å². The van der Waals surface area contributed by atoms with E-state index in [0.717, 1.165) is 40.0 Å². The van der Waals surface area contributed by atoms with Crippen LogP contribution in [0.25, 0.3) is 10.9 Å². The SMILES string of the molecule is O=C(COc1cccc2ccc(N3CCCCCC3)nc12)Nc1ccc(Br)cc1. The van der Waals surface area contributed by atoms with E-state index in [1.54, 1.807) is 0 Å². The van der Waals surface area contributed by atoms with Crippen LogP contribution in [-0.2, 0) is 4.79 Å². The third kappa shape index (κ3) is 5.07. The molecule has 1 amide bonds. The Hall–Kier alpha value is -2.60. The van der Waals surface area contributed by atoms with Crippen molar-refractivity contribution in [3.63, 3.8) is 0 Å². The largest absolute Gasteiger partial charge is 0.481 e. The number of hydrogen-bond acceptors (Lipinski definition) is 4. The highest BCUT2D eigenvalue weighted by molar-refractivity contribution is 9.10. The fraction of sp³-hybridized carbons (Fsp3) is 0.304. The number of carbonyl (C=O) groups excluding carboxylic acids is 1. The number of nitrogens with one attached hydrogen (secondary N) is 1. The Morgan fingerprint density at radius 1 is 1.00 bits per heavy atom. The molecule has 1 aliphatic rings. The lowest BCUT2D eigenvalue weighted by Gasteiger charge is -2.22. The monoisotopic (exact) mass is 453 g/mol. The summed E-state index contributed by atoms with van der Waals surface area (Å²) < 4.78 is 6.81. The zero-order chi connectivity index (χ0) is 20.1. The molecule has 0 bridgehead atoms. The van der Waals surface area contributed by atoms with E-state index in [4.69, 9.17) is 9.72 Å². The van der Waals surface area contributed by atoms with Gasteiger partial charge in [0.1, 0.15) is 17.1 Å². The van der Waals surface area contributed by atoms with E-state index in [9.17, 15) is 4.79 Å². The second-order valence-electron chi connectivity index (χ2n) is 7.24. The lowest BCUT2D eigenvalue weighted by atomic mass is 10.2. The molecule has 5 nitrogen and oxygen atoms in total. The first-order valence-electron chi connectivity index (χ1n) is 10.0. The summed E-state index contributed by atoms with van der Waals surface area (Å²) in [6.45, 7) is 2.01. The number of pyridine rings is 1. The summed E-state index contributed by atoms with van der Waals surface area (Å²) in [6.07, 6.45) is 4.97. The molecule has 0 aliphatic carbocycles. The average molecular weight is 454 g/mol. The van der Waals surface area contributed by atoms with Crippen LogP contribution in [0.4, 0.5) is 11.5 Å². The van der Waals surface area contributed by atoms with Gasteiger partial charge in [-0.2, -0.15) is 0 Å². The predicted octanol–water partition coefficient (Wildman–Crippen LogP) is 5.40. The van der Waals surface area contributed by atoms with E-state index in [1.807, 2.05) is 42.5 Å². The van der Waals surface area contributed by atoms with Crippen LogP contribution in [0.3, 0.4) is 0 Å². The molecule has 4 rings (SSSR count). The number of benzene rings is 2. The number of anilines is 2. The van der Waals surface area contributed by atoms with Gasteiger partial charge in [-0.25, -0.2) is 4.98 Å². The molecule has 0 spiro atoms. The van der Waals surface area contributed by atoms with E-state index in [0.29, 0.717) is 5.75 Å². The van der Waals surface area contributed by atoms with Gasteiger partial charge in [-0.05, 0) is 55.3 Å². The Balaban J connectivity index is 1.48. The second kappa shape index (κ2) is 9.27. The van der Waals surface area contributed by atoms with E-state index in [1.165, 1.54) is 25.7 Å². The first-order chi connectivity index (χ1) is 14.2. The van der Waals surface area contributed by atoms with Crippen molar-refractivity contribution in [2.24, 2.45) is 0 Å². The molecular formula is C23H24BrN3O2. The number of rotatable bonds is 5. The number of carbonyl (C=O) groups is 1. The van der Waals surface area contributed by atoms with Crippen molar-refractivity contribution < 1.29 is 9.53 Å². The fourth-order valence-corrected chi connectivity index (χ4v) is 3.84. The number of aromatic nitrogens is 1. The van der Waals surface area contributed by atoms with Gasteiger partial charge in [-0.3, -0.25) is 4.79 Å². The van der Waals surface area contributed by atoms with Crippen molar-refractivity contribution in [1.82, 2.24) is 4.98 Å². The highest BCUT2D eigenvalue weighted by atomic mass is 79.9. The smallest absolute Gasteiger partial charge is 0.262 e. The fourth-order valence-electron chi connectivity index (χ4n) is 3.58. The van der Waals surface area contributed by atoms with Gasteiger partial charge in [0.15, 0.2) is 6.61 Å². The van der Waals surface area contributed by atoms with Crippen LogP contribution in [0.5, 0.6) is 5.75 Å².